The molecule has 0 fully saturated rings. The van der Waals surface area contributed by atoms with Gasteiger partial charge in [-0.1, -0.05) is 76.2 Å². The van der Waals surface area contributed by atoms with Gasteiger partial charge in [0.2, 0.25) is 0 Å². The minimum Gasteiger partial charge on any atom is -0.391 e. The molecule has 6 heteroatoms. The zero-order chi connectivity index (χ0) is 31.4. The van der Waals surface area contributed by atoms with Crippen LogP contribution < -0.4 is 19.7 Å². The number of hydrogen-bond donors (Lipinski definition) is 1. The largest absolute Gasteiger partial charge is 0.391 e. The number of pyridine rings is 1. The van der Waals surface area contributed by atoms with Gasteiger partial charge in [0, 0.05) is 67.7 Å². The van der Waals surface area contributed by atoms with E-state index >= 15 is 0 Å². The molecule has 0 aliphatic carbocycles. The summed E-state index contributed by atoms with van der Waals surface area (Å²) in [6, 6.07) is 22.2. The van der Waals surface area contributed by atoms with Crippen molar-refractivity contribution in [3.63, 3.8) is 0 Å². The van der Waals surface area contributed by atoms with Gasteiger partial charge in [0.25, 0.3) is 0 Å². The Hall–Kier alpha value is -3.35. The second kappa shape index (κ2) is 20.6. The van der Waals surface area contributed by atoms with E-state index in [1.54, 1.807) is 0 Å². The number of anilines is 2. The van der Waals surface area contributed by atoms with E-state index in [0.717, 1.165) is 50.8 Å². The van der Waals surface area contributed by atoms with E-state index in [4.69, 9.17) is 0 Å². The van der Waals surface area contributed by atoms with Crippen LogP contribution in [0.2, 0.25) is 0 Å². The lowest BCUT2D eigenvalue weighted by Gasteiger charge is -2.24. The first kappa shape index (κ1) is 35.1. The van der Waals surface area contributed by atoms with Crippen LogP contribution in [0.5, 0.6) is 0 Å². The number of nitrogens with zero attached hydrogens (tertiary/aromatic N) is 3. The summed E-state index contributed by atoms with van der Waals surface area (Å²) < 4.78 is 2.17. The predicted octanol–water partition coefficient (Wildman–Crippen LogP) is 8.98. The van der Waals surface area contributed by atoms with Crippen molar-refractivity contribution in [3.8, 4) is 0 Å². The lowest BCUT2D eigenvalue weighted by molar-refractivity contribution is -0.693. The molecule has 0 aliphatic heterocycles. The predicted molar refractivity (Wildman–Crippen MR) is 200 cm³/mol. The van der Waals surface area contributed by atoms with Crippen LogP contribution in [-0.2, 0) is 6.54 Å². The number of rotatable bonds is 19. The molecule has 234 valence electrons. The summed E-state index contributed by atoms with van der Waals surface area (Å²) in [7, 11) is 3.96. The molecule has 0 saturated heterocycles. The highest BCUT2D eigenvalue weighted by Crippen LogP contribution is 2.24. The Bertz CT molecular complexity index is 1330. The smallest absolute Gasteiger partial charge is 0.169 e. The molecular weight excluding hydrogens is 577 g/mol. The molecule has 1 aromatic heterocycles. The lowest BCUT2D eigenvalue weighted by Crippen LogP contribution is -2.30. The quantitative estimate of drug-likeness (QED) is 0.0618. The fourth-order valence-corrected chi connectivity index (χ4v) is 6.62. The minimum atomic E-state index is 0.935. The van der Waals surface area contributed by atoms with Crippen molar-refractivity contribution in [2.45, 2.75) is 41.2 Å². The molecule has 0 atom stereocenters. The second-order valence-corrected chi connectivity index (χ2v) is 13.0. The van der Waals surface area contributed by atoms with Crippen LogP contribution in [0.25, 0.3) is 18.2 Å². The van der Waals surface area contributed by atoms with E-state index in [1.807, 2.05) is 27.8 Å². The average molecular weight is 628 g/mol. The van der Waals surface area contributed by atoms with Crippen molar-refractivity contribution in [1.29, 1.82) is 0 Å². The monoisotopic (exact) mass is 627 g/mol. The SMILES string of the molecule is C/C=C(\C=C/NCC)/C=C/c1ccc(N(CC)CCSSCCN(CC)c2ccc(/C=C/c3cc[n+](CC)cc3)cc2)cc1. The highest BCUT2D eigenvalue weighted by atomic mass is 33.1. The van der Waals surface area contributed by atoms with Gasteiger partial charge in [-0.3, -0.25) is 0 Å². The molecule has 2 aromatic carbocycles. The molecule has 3 rings (SSSR count). The maximum atomic E-state index is 3.22. The van der Waals surface area contributed by atoms with Gasteiger partial charge in [-0.15, -0.1) is 0 Å². The number of allylic oxidation sites excluding steroid dienone is 4. The summed E-state index contributed by atoms with van der Waals surface area (Å²) in [5, 5.41) is 3.22. The van der Waals surface area contributed by atoms with Crippen molar-refractivity contribution < 1.29 is 4.57 Å². The molecule has 3 aromatic rings. The molecule has 0 radical (unpaired) electrons. The van der Waals surface area contributed by atoms with Gasteiger partial charge in [0.15, 0.2) is 12.4 Å². The molecule has 0 saturated carbocycles. The Morgan fingerprint density at radius 3 is 1.64 bits per heavy atom. The van der Waals surface area contributed by atoms with E-state index in [0.29, 0.717) is 0 Å². The van der Waals surface area contributed by atoms with Crippen molar-refractivity contribution >= 4 is 51.2 Å². The molecular formula is C38H51N4S2+. The molecule has 44 heavy (non-hydrogen) atoms. The van der Waals surface area contributed by atoms with E-state index in [-0.39, 0.29) is 0 Å². The maximum absolute atomic E-state index is 3.22. The van der Waals surface area contributed by atoms with E-state index in [2.05, 4.69) is 164 Å². The molecule has 0 bridgehead atoms. The molecule has 0 unspecified atom stereocenters. The fraction of sp³-hybridized carbons (Fsp3) is 0.342. The summed E-state index contributed by atoms with van der Waals surface area (Å²) >= 11 is 0. The average Bonchev–Trinajstić information content (AvgIpc) is 3.07. The third-order valence-electron chi connectivity index (χ3n) is 7.40. The van der Waals surface area contributed by atoms with Crippen molar-refractivity contribution in [2.75, 3.05) is 54.0 Å². The zero-order valence-corrected chi connectivity index (χ0v) is 28.9. The molecule has 4 nitrogen and oxygen atoms in total. The van der Waals surface area contributed by atoms with Gasteiger partial charge < -0.3 is 15.1 Å². The standard InChI is InChI=1S/C38H51N4S2/c1-6-33(23-26-39-7-2)11-12-34-15-19-37(20-16-34)41(9-4)29-31-43-44-32-30-42(10-5)38-21-17-35(18-22-38)13-14-36-24-27-40(8-3)28-25-36/h6,11-28,39H,7-10,29-32H2,1-5H3/q+1/b12-11+,26-23-,33-6-. The van der Waals surface area contributed by atoms with E-state index in [9.17, 15) is 0 Å². The summed E-state index contributed by atoms with van der Waals surface area (Å²) in [4.78, 5) is 4.93. The van der Waals surface area contributed by atoms with Crippen LogP contribution in [0.15, 0.2) is 103 Å². The van der Waals surface area contributed by atoms with Crippen LogP contribution in [0.4, 0.5) is 11.4 Å². The molecule has 0 aliphatic rings. The third-order valence-corrected chi connectivity index (χ3v) is 9.77. The van der Waals surface area contributed by atoms with Gasteiger partial charge >= 0.3 is 0 Å². The maximum Gasteiger partial charge on any atom is 0.169 e. The highest BCUT2D eigenvalue weighted by Gasteiger charge is 2.07. The van der Waals surface area contributed by atoms with Gasteiger partial charge in [-0.05, 0) is 93.4 Å². The third kappa shape index (κ3) is 12.3. The topological polar surface area (TPSA) is 22.4 Å². The summed E-state index contributed by atoms with van der Waals surface area (Å²) in [5.41, 5.74) is 7.44. The second-order valence-electron chi connectivity index (χ2n) is 10.3. The van der Waals surface area contributed by atoms with Crippen LogP contribution in [0.1, 0.15) is 51.3 Å². The molecule has 1 heterocycles. The van der Waals surface area contributed by atoms with Gasteiger partial charge in [-0.2, -0.15) is 0 Å². The first-order valence-corrected chi connectivity index (χ1v) is 18.4. The zero-order valence-electron chi connectivity index (χ0n) is 27.3. The number of benzene rings is 2. The van der Waals surface area contributed by atoms with Gasteiger partial charge in [0.05, 0.1) is 0 Å². The Labute approximate surface area is 275 Å². The van der Waals surface area contributed by atoms with Gasteiger partial charge in [-0.25, -0.2) is 4.57 Å². The Morgan fingerprint density at radius 2 is 1.18 bits per heavy atom. The van der Waals surface area contributed by atoms with Crippen LogP contribution >= 0.6 is 21.6 Å². The summed E-state index contributed by atoms with van der Waals surface area (Å²) in [6.07, 6.45) is 19.2. The highest BCUT2D eigenvalue weighted by molar-refractivity contribution is 8.76. The summed E-state index contributed by atoms with van der Waals surface area (Å²) in [6.45, 7) is 16.9. The number of nitrogens with one attached hydrogen (secondary N) is 1. The lowest BCUT2D eigenvalue weighted by atomic mass is 10.1. The fourth-order valence-electron chi connectivity index (χ4n) is 4.64. The van der Waals surface area contributed by atoms with Crippen LogP contribution in [-0.4, -0.2) is 44.2 Å². The Morgan fingerprint density at radius 1 is 0.682 bits per heavy atom. The summed E-state index contributed by atoms with van der Waals surface area (Å²) in [5.74, 6) is 2.22. The van der Waals surface area contributed by atoms with Crippen molar-refractivity contribution in [2.24, 2.45) is 0 Å². The Kier molecular flexibility index (Phi) is 16.4. The van der Waals surface area contributed by atoms with Crippen molar-refractivity contribution in [1.82, 2.24) is 5.32 Å². The molecule has 0 spiro atoms. The van der Waals surface area contributed by atoms with Gasteiger partial charge in [0.1, 0.15) is 6.54 Å². The van der Waals surface area contributed by atoms with E-state index in [1.165, 1.54) is 33.6 Å². The number of hydrogen-bond acceptors (Lipinski definition) is 5. The van der Waals surface area contributed by atoms with Crippen LogP contribution in [0, 0.1) is 0 Å². The minimum absolute atomic E-state index is 0.935. The number of aryl methyl sites for hydroxylation is 1. The molecule has 1 N–H and O–H groups in total. The van der Waals surface area contributed by atoms with E-state index < -0.39 is 0 Å². The number of aromatic nitrogens is 1. The first-order chi connectivity index (χ1) is 21.6. The molecule has 0 amide bonds. The van der Waals surface area contributed by atoms with Crippen LogP contribution in [0.3, 0.4) is 0 Å². The Balaban J connectivity index is 1.39. The normalized spacial score (nSPS) is 12.1. The van der Waals surface area contributed by atoms with Crippen molar-refractivity contribution in [3.05, 3.63) is 120 Å². The first-order valence-electron chi connectivity index (χ1n) is 16.0.